The largest absolute Gasteiger partial charge is 0.422 e. The lowest BCUT2D eigenvalue weighted by atomic mass is 9.68. The van der Waals surface area contributed by atoms with Gasteiger partial charge >= 0.3 is 6.18 Å². The highest BCUT2D eigenvalue weighted by Crippen LogP contribution is 2.42. The van der Waals surface area contributed by atoms with E-state index in [9.17, 15) is 26.3 Å². The minimum absolute atomic E-state index is 0.294. The Morgan fingerprint density at radius 1 is 0.839 bits per heavy atom. The van der Waals surface area contributed by atoms with Crippen molar-refractivity contribution in [2.45, 2.75) is 76.8 Å². The summed E-state index contributed by atoms with van der Waals surface area (Å²) in [6.45, 7) is -0.294. The molecule has 0 nitrogen and oxygen atoms in total. The van der Waals surface area contributed by atoms with Gasteiger partial charge in [0.2, 0.25) is 0 Å². The van der Waals surface area contributed by atoms with Crippen molar-refractivity contribution in [2.24, 2.45) is 23.7 Å². The molecule has 3 rings (SSSR count). The molecule has 2 aliphatic rings. The van der Waals surface area contributed by atoms with Crippen LogP contribution < -0.4 is 0 Å². The topological polar surface area (TPSA) is 0 Å². The molecule has 2 fully saturated rings. The molecule has 0 amide bonds. The Bertz CT molecular complexity index is 699. The van der Waals surface area contributed by atoms with E-state index in [4.69, 9.17) is 0 Å². The molecule has 0 spiro atoms. The van der Waals surface area contributed by atoms with E-state index >= 15 is 0 Å². The Morgan fingerprint density at radius 2 is 1.39 bits per heavy atom. The number of alkyl halides is 4. The average Bonchev–Trinajstić information content (AvgIpc) is 2.72. The van der Waals surface area contributed by atoms with Crippen molar-refractivity contribution in [3.8, 4) is 0 Å². The summed E-state index contributed by atoms with van der Waals surface area (Å²) < 4.78 is 77.8. The quantitative estimate of drug-likeness (QED) is 0.291. The van der Waals surface area contributed by atoms with E-state index in [2.05, 4.69) is 6.08 Å². The van der Waals surface area contributed by atoms with E-state index in [1.807, 2.05) is 6.08 Å². The summed E-state index contributed by atoms with van der Waals surface area (Å²) >= 11 is 0. The van der Waals surface area contributed by atoms with Gasteiger partial charge in [-0.1, -0.05) is 25.0 Å². The molecule has 0 aliphatic heterocycles. The van der Waals surface area contributed by atoms with Crippen LogP contribution in [-0.4, -0.2) is 6.67 Å². The molecule has 1 aromatic carbocycles. The van der Waals surface area contributed by atoms with Gasteiger partial charge in [0.15, 0.2) is 0 Å². The molecule has 0 saturated heterocycles. The monoisotopic (exact) mass is 446 g/mol. The smallest absolute Gasteiger partial charge is 0.251 e. The van der Waals surface area contributed by atoms with Crippen LogP contribution in [0.2, 0.25) is 0 Å². The number of hydrogen-bond donors (Lipinski definition) is 0. The van der Waals surface area contributed by atoms with Gasteiger partial charge in [-0.3, -0.25) is 4.39 Å². The van der Waals surface area contributed by atoms with Gasteiger partial charge in [0.25, 0.3) is 0 Å². The summed E-state index contributed by atoms with van der Waals surface area (Å²) in [5.41, 5.74) is -1.51. The van der Waals surface area contributed by atoms with Crippen molar-refractivity contribution in [1.29, 1.82) is 0 Å². The molecule has 0 unspecified atom stereocenters. The zero-order valence-corrected chi connectivity index (χ0v) is 17.9. The Hall–Kier alpha value is -1.46. The highest BCUT2D eigenvalue weighted by atomic mass is 19.4. The summed E-state index contributed by atoms with van der Waals surface area (Å²) in [5, 5.41) is 0. The Morgan fingerprint density at radius 3 is 1.90 bits per heavy atom. The molecule has 2 aliphatic carbocycles. The third kappa shape index (κ3) is 6.76. The summed E-state index contributed by atoms with van der Waals surface area (Å²) in [4.78, 5) is 0. The SMILES string of the molecule is FCCC=CC1CCC(C2CCC(CCc3cc(F)c(C(F)(F)F)c(F)c3)CC2)CC1. The standard InChI is InChI=1S/C25H32F6/c26-14-2-1-3-17-6-10-20(11-7-17)21-12-8-18(9-13-21)4-5-19-15-22(27)24(23(28)16-19)25(29,30)31/h1,3,15-18,20-21H,2,4-14H2. The Labute approximate surface area is 181 Å². The van der Waals surface area contributed by atoms with E-state index < -0.39 is 23.4 Å². The highest BCUT2D eigenvalue weighted by Gasteiger charge is 2.38. The summed E-state index contributed by atoms with van der Waals surface area (Å²) in [5.74, 6) is -0.520. The second-order valence-electron chi connectivity index (χ2n) is 9.33. The fourth-order valence-corrected chi connectivity index (χ4v) is 5.52. The van der Waals surface area contributed by atoms with Crippen LogP contribution in [0.1, 0.15) is 75.3 Å². The molecular weight excluding hydrogens is 414 g/mol. The van der Waals surface area contributed by atoms with Crippen molar-refractivity contribution >= 4 is 0 Å². The lowest BCUT2D eigenvalue weighted by Gasteiger charge is -2.37. The van der Waals surface area contributed by atoms with Gasteiger partial charge in [-0.05, 0) is 99.2 Å². The minimum atomic E-state index is -5.02. The summed E-state index contributed by atoms with van der Waals surface area (Å²) in [6, 6.07) is 1.66. The van der Waals surface area contributed by atoms with Gasteiger partial charge in [0, 0.05) is 0 Å². The molecule has 0 heterocycles. The fraction of sp³-hybridized carbons (Fsp3) is 0.680. The van der Waals surface area contributed by atoms with Crippen molar-refractivity contribution in [2.75, 3.05) is 6.67 Å². The normalized spacial score (nSPS) is 27.7. The third-order valence-electron chi connectivity index (χ3n) is 7.29. The first-order valence-corrected chi connectivity index (χ1v) is 11.6. The minimum Gasteiger partial charge on any atom is -0.251 e. The zero-order valence-electron chi connectivity index (χ0n) is 17.9. The van der Waals surface area contributed by atoms with Gasteiger partial charge in [-0.15, -0.1) is 0 Å². The van der Waals surface area contributed by atoms with E-state index in [0.29, 0.717) is 30.2 Å². The summed E-state index contributed by atoms with van der Waals surface area (Å²) in [7, 11) is 0. The Balaban J connectivity index is 1.42. The van der Waals surface area contributed by atoms with Crippen LogP contribution in [-0.2, 0) is 12.6 Å². The molecule has 2 saturated carbocycles. The lowest BCUT2D eigenvalue weighted by Crippen LogP contribution is -2.25. The van der Waals surface area contributed by atoms with Crippen LogP contribution in [0, 0.1) is 35.3 Å². The van der Waals surface area contributed by atoms with Crippen LogP contribution in [0.5, 0.6) is 0 Å². The maximum absolute atomic E-state index is 13.8. The molecule has 1 aromatic rings. The van der Waals surface area contributed by atoms with Crippen molar-refractivity contribution < 1.29 is 26.3 Å². The third-order valence-corrected chi connectivity index (χ3v) is 7.29. The molecular formula is C25H32F6. The maximum Gasteiger partial charge on any atom is 0.422 e. The molecule has 0 radical (unpaired) electrons. The van der Waals surface area contributed by atoms with E-state index in [1.165, 1.54) is 25.7 Å². The Kier molecular flexibility index (Phi) is 8.51. The average molecular weight is 447 g/mol. The van der Waals surface area contributed by atoms with Crippen LogP contribution in [0.3, 0.4) is 0 Å². The van der Waals surface area contributed by atoms with Crippen LogP contribution >= 0.6 is 0 Å². The maximum atomic E-state index is 13.8. The predicted molar refractivity (Wildman–Crippen MR) is 110 cm³/mol. The molecule has 0 atom stereocenters. The van der Waals surface area contributed by atoms with Crippen LogP contribution in [0.4, 0.5) is 26.3 Å². The van der Waals surface area contributed by atoms with E-state index in [0.717, 1.165) is 56.1 Å². The van der Waals surface area contributed by atoms with Gasteiger partial charge in [-0.2, -0.15) is 13.2 Å². The predicted octanol–water partition coefficient (Wildman–Crippen LogP) is 8.44. The number of benzene rings is 1. The number of allylic oxidation sites excluding steroid dienone is 2. The molecule has 0 N–H and O–H groups in total. The number of hydrogen-bond acceptors (Lipinski definition) is 0. The molecule has 0 aromatic heterocycles. The van der Waals surface area contributed by atoms with Gasteiger partial charge in [-0.25, -0.2) is 8.78 Å². The first-order chi connectivity index (χ1) is 14.8. The number of rotatable bonds is 7. The molecule has 6 heteroatoms. The van der Waals surface area contributed by atoms with Gasteiger partial charge in [0.05, 0.1) is 6.67 Å². The second kappa shape index (κ2) is 10.9. The number of halogens is 6. The van der Waals surface area contributed by atoms with Crippen molar-refractivity contribution in [1.82, 2.24) is 0 Å². The first kappa shape index (κ1) is 24.2. The lowest BCUT2D eigenvalue weighted by molar-refractivity contribution is -0.142. The highest BCUT2D eigenvalue weighted by molar-refractivity contribution is 5.28. The second-order valence-corrected chi connectivity index (χ2v) is 9.33. The van der Waals surface area contributed by atoms with Crippen LogP contribution in [0.15, 0.2) is 24.3 Å². The van der Waals surface area contributed by atoms with Crippen molar-refractivity contribution in [3.63, 3.8) is 0 Å². The molecule has 0 bridgehead atoms. The zero-order chi connectivity index (χ0) is 22.4. The molecule has 174 valence electrons. The molecule has 31 heavy (non-hydrogen) atoms. The van der Waals surface area contributed by atoms with Gasteiger partial charge in [0.1, 0.15) is 17.2 Å². The number of aryl methyl sites for hydroxylation is 1. The van der Waals surface area contributed by atoms with E-state index in [1.54, 1.807) is 0 Å². The summed E-state index contributed by atoms with van der Waals surface area (Å²) in [6.07, 6.45) is 10.1. The fourth-order valence-electron chi connectivity index (χ4n) is 5.52. The van der Waals surface area contributed by atoms with E-state index in [-0.39, 0.29) is 6.67 Å². The van der Waals surface area contributed by atoms with Gasteiger partial charge < -0.3 is 0 Å². The first-order valence-electron chi connectivity index (χ1n) is 11.6. The van der Waals surface area contributed by atoms with Crippen molar-refractivity contribution in [3.05, 3.63) is 47.0 Å². The van der Waals surface area contributed by atoms with Crippen LogP contribution in [0.25, 0.3) is 0 Å².